The van der Waals surface area contributed by atoms with Crippen LogP contribution in [0.4, 0.5) is 0 Å². The summed E-state index contributed by atoms with van der Waals surface area (Å²) < 4.78 is 0. The molecule has 0 saturated heterocycles. The third-order valence-corrected chi connectivity index (χ3v) is 0.500. The standard InChI is InChI=1S/C2H5N2Si/c3-2(4)1-5/h1H,3-4H2. The molecule has 0 heterocycles. The summed E-state index contributed by atoms with van der Waals surface area (Å²) in [6, 6.07) is 0. The van der Waals surface area contributed by atoms with Crippen LogP contribution in [-0.2, 0) is 0 Å². The molecule has 0 bridgehead atoms. The van der Waals surface area contributed by atoms with Crippen LogP contribution >= 0.6 is 0 Å². The number of hydrogen-bond donors (Lipinski definition) is 2. The first-order valence-corrected chi connectivity index (χ1v) is 1.73. The van der Waals surface area contributed by atoms with Crippen LogP contribution in [0.3, 0.4) is 0 Å². The van der Waals surface area contributed by atoms with E-state index in [0.717, 1.165) is 0 Å². The average molecular weight is 85.2 g/mol. The Morgan fingerprint density at radius 1 is 1.60 bits per heavy atom. The highest BCUT2D eigenvalue weighted by Gasteiger charge is 1.60. The fourth-order valence-corrected chi connectivity index (χ4v) is 0. The largest absolute Gasteiger partial charge is 0.386 e. The Kier molecular flexibility index (Phi) is 1.68. The van der Waals surface area contributed by atoms with Crippen LogP contribution in [0.15, 0.2) is 11.5 Å². The van der Waals surface area contributed by atoms with E-state index in [9.17, 15) is 0 Å². The quantitative estimate of drug-likeness (QED) is 0.366. The van der Waals surface area contributed by atoms with Crippen molar-refractivity contribution >= 4 is 10.2 Å². The van der Waals surface area contributed by atoms with Gasteiger partial charge in [0, 0.05) is 0 Å². The van der Waals surface area contributed by atoms with Gasteiger partial charge in [-0.2, -0.15) is 0 Å². The van der Waals surface area contributed by atoms with Crippen molar-refractivity contribution in [3.63, 3.8) is 0 Å². The van der Waals surface area contributed by atoms with Crippen LogP contribution in [0, 0.1) is 0 Å². The maximum atomic E-state index is 4.88. The Balaban J connectivity index is 3.14. The molecule has 0 aliphatic carbocycles. The molecule has 0 spiro atoms. The number of hydrogen-bond acceptors (Lipinski definition) is 2. The van der Waals surface area contributed by atoms with Crippen molar-refractivity contribution in [2.24, 2.45) is 11.5 Å². The summed E-state index contributed by atoms with van der Waals surface area (Å²) in [4.78, 5) is 0. The van der Waals surface area contributed by atoms with E-state index in [-0.39, 0.29) is 0 Å². The first-order chi connectivity index (χ1) is 2.27. The molecule has 2 nitrogen and oxygen atoms in total. The fourth-order valence-electron chi connectivity index (χ4n) is 0. The van der Waals surface area contributed by atoms with Gasteiger partial charge in [-0.25, -0.2) is 0 Å². The van der Waals surface area contributed by atoms with Gasteiger partial charge in [-0.1, -0.05) is 5.70 Å². The Labute approximate surface area is 34.3 Å². The Bertz CT molecular complexity index is 45.6. The highest BCUT2D eigenvalue weighted by atomic mass is 28.1. The molecule has 4 N–H and O–H groups in total. The third kappa shape index (κ3) is 3.56. The summed E-state index contributed by atoms with van der Waals surface area (Å²) in [5.74, 6) is 0.293. The zero-order valence-electron chi connectivity index (χ0n) is 2.73. The predicted octanol–water partition coefficient (Wildman–Crippen LogP) is -1.13. The monoisotopic (exact) mass is 85.0 g/mol. The lowest BCUT2D eigenvalue weighted by Gasteiger charge is -1.78. The van der Waals surface area contributed by atoms with Crippen molar-refractivity contribution in [2.75, 3.05) is 0 Å². The van der Waals surface area contributed by atoms with Crippen LogP contribution in [0.2, 0.25) is 0 Å². The first kappa shape index (κ1) is 4.56. The van der Waals surface area contributed by atoms with Crippen molar-refractivity contribution in [1.29, 1.82) is 0 Å². The van der Waals surface area contributed by atoms with Gasteiger partial charge in [-0.3, -0.25) is 0 Å². The molecule has 0 atom stereocenters. The van der Waals surface area contributed by atoms with Gasteiger partial charge < -0.3 is 11.5 Å². The summed E-state index contributed by atoms with van der Waals surface area (Å²) in [6.45, 7) is 0. The summed E-state index contributed by atoms with van der Waals surface area (Å²) >= 11 is 0. The van der Waals surface area contributed by atoms with E-state index >= 15 is 0 Å². The maximum Gasteiger partial charge on any atom is 0.0844 e. The minimum atomic E-state index is 0.293. The van der Waals surface area contributed by atoms with Crippen molar-refractivity contribution in [3.8, 4) is 0 Å². The minimum Gasteiger partial charge on any atom is -0.386 e. The molecule has 0 saturated carbocycles. The smallest absolute Gasteiger partial charge is 0.0844 e. The second-order valence-electron chi connectivity index (χ2n) is 0.644. The normalized spacial score (nSPS) is 6.60. The van der Waals surface area contributed by atoms with E-state index in [1.807, 2.05) is 0 Å². The highest BCUT2D eigenvalue weighted by Crippen LogP contribution is 1.53. The van der Waals surface area contributed by atoms with Gasteiger partial charge in [0.2, 0.25) is 0 Å². The van der Waals surface area contributed by atoms with Crippen LogP contribution < -0.4 is 11.5 Å². The third-order valence-electron chi connectivity index (χ3n) is 0.167. The zero-order chi connectivity index (χ0) is 4.28. The Morgan fingerprint density at radius 3 is 1.80 bits per heavy atom. The van der Waals surface area contributed by atoms with Gasteiger partial charge >= 0.3 is 0 Å². The van der Waals surface area contributed by atoms with Gasteiger partial charge in [-0.15, -0.1) is 0 Å². The zero-order valence-corrected chi connectivity index (χ0v) is 3.73. The number of nitrogens with two attached hydrogens (primary N) is 2. The van der Waals surface area contributed by atoms with E-state index in [0.29, 0.717) is 5.82 Å². The molecular weight excluding hydrogens is 80.1 g/mol. The summed E-state index contributed by atoms with van der Waals surface area (Å²) in [7, 11) is 2.94. The molecule has 0 fully saturated rings. The summed E-state index contributed by atoms with van der Waals surface area (Å²) in [6.07, 6.45) is 0. The molecule has 0 aromatic heterocycles. The first-order valence-electron chi connectivity index (χ1n) is 1.15. The van der Waals surface area contributed by atoms with Gasteiger partial charge in [0.15, 0.2) is 0 Å². The second kappa shape index (κ2) is 1.84. The predicted molar refractivity (Wildman–Crippen MR) is 22.2 cm³/mol. The molecule has 27 valence electrons. The summed E-state index contributed by atoms with van der Waals surface area (Å²) in [5, 5.41) is 0. The SMILES string of the molecule is NC(N)=C[Si]. The molecule has 5 heavy (non-hydrogen) atoms. The molecule has 0 aromatic rings. The van der Waals surface area contributed by atoms with Crippen LogP contribution in [0.5, 0.6) is 0 Å². The minimum absolute atomic E-state index is 0.293. The number of rotatable bonds is 0. The molecule has 0 amide bonds. The van der Waals surface area contributed by atoms with E-state index in [4.69, 9.17) is 11.5 Å². The molecule has 3 heteroatoms. The molecule has 0 rings (SSSR count). The van der Waals surface area contributed by atoms with Gasteiger partial charge in [0.1, 0.15) is 0 Å². The van der Waals surface area contributed by atoms with E-state index in [1.54, 1.807) is 0 Å². The van der Waals surface area contributed by atoms with Crippen molar-refractivity contribution in [2.45, 2.75) is 0 Å². The fraction of sp³-hybridized carbons (Fsp3) is 0. The molecule has 3 radical (unpaired) electrons. The Morgan fingerprint density at radius 2 is 1.80 bits per heavy atom. The van der Waals surface area contributed by atoms with Crippen LogP contribution in [-0.4, -0.2) is 10.2 Å². The van der Waals surface area contributed by atoms with Gasteiger partial charge in [0.25, 0.3) is 0 Å². The van der Waals surface area contributed by atoms with Crippen molar-refractivity contribution in [1.82, 2.24) is 0 Å². The highest BCUT2D eigenvalue weighted by molar-refractivity contribution is 6.17. The van der Waals surface area contributed by atoms with Crippen LogP contribution in [0.1, 0.15) is 0 Å². The van der Waals surface area contributed by atoms with E-state index in [1.165, 1.54) is 5.70 Å². The molecule has 0 aliphatic heterocycles. The lowest BCUT2D eigenvalue weighted by atomic mass is 10.9. The lowest BCUT2D eigenvalue weighted by molar-refractivity contribution is 1.26. The maximum absolute atomic E-state index is 4.88. The molecule has 0 aromatic carbocycles. The topological polar surface area (TPSA) is 52.0 Å². The van der Waals surface area contributed by atoms with E-state index in [2.05, 4.69) is 10.2 Å². The van der Waals surface area contributed by atoms with Crippen LogP contribution in [0.25, 0.3) is 0 Å². The van der Waals surface area contributed by atoms with Crippen molar-refractivity contribution in [3.05, 3.63) is 11.5 Å². The molecule has 0 unspecified atom stereocenters. The average Bonchev–Trinajstić information content (AvgIpc) is 1.38. The molecule has 0 aliphatic rings. The lowest BCUT2D eigenvalue weighted by Crippen LogP contribution is -2.06. The molecular formula is C2H5N2Si. The second-order valence-corrected chi connectivity index (χ2v) is 0.933. The van der Waals surface area contributed by atoms with Crippen molar-refractivity contribution < 1.29 is 0 Å². The van der Waals surface area contributed by atoms with E-state index < -0.39 is 0 Å². The van der Waals surface area contributed by atoms with Gasteiger partial charge in [-0.05, 0) is 0 Å². The van der Waals surface area contributed by atoms with Gasteiger partial charge in [0.05, 0.1) is 16.1 Å². The Hall–Kier alpha value is -0.443. The summed E-state index contributed by atoms with van der Waals surface area (Å²) in [5.41, 5.74) is 11.2.